The Kier molecular flexibility index (Phi) is 5.34. The Morgan fingerprint density at radius 1 is 1.12 bits per heavy atom. The number of nitrogens with zero attached hydrogens (tertiary/aromatic N) is 2. The monoisotopic (exact) mass is 369 g/mol. The molecule has 1 heterocycles. The van der Waals surface area contributed by atoms with E-state index in [4.69, 9.17) is 11.6 Å². The van der Waals surface area contributed by atoms with Gasteiger partial charge in [-0.25, -0.2) is 4.68 Å². The molecule has 3 aromatic rings. The SMILES string of the molecule is COC(=O)CNC(=O)c1cc(-c2ccc(Cl)cc2)nn1-c1ccccc1. The number of hydrogen-bond donors (Lipinski definition) is 1. The number of ether oxygens (including phenoxy) is 1. The van der Waals surface area contributed by atoms with Gasteiger partial charge in [-0.3, -0.25) is 9.59 Å². The van der Waals surface area contributed by atoms with Crippen LogP contribution in [0.3, 0.4) is 0 Å². The minimum atomic E-state index is -0.526. The number of esters is 1. The summed E-state index contributed by atoms with van der Waals surface area (Å²) in [6, 6.07) is 18.1. The van der Waals surface area contributed by atoms with Crippen LogP contribution in [0.2, 0.25) is 5.02 Å². The topological polar surface area (TPSA) is 73.2 Å². The lowest BCUT2D eigenvalue weighted by molar-refractivity contribution is -0.139. The van der Waals surface area contributed by atoms with E-state index in [2.05, 4.69) is 15.2 Å². The molecule has 132 valence electrons. The van der Waals surface area contributed by atoms with Gasteiger partial charge in [0.2, 0.25) is 0 Å². The van der Waals surface area contributed by atoms with Crippen LogP contribution in [0.25, 0.3) is 16.9 Å². The molecular formula is C19H16ClN3O3. The summed E-state index contributed by atoms with van der Waals surface area (Å²) in [5, 5.41) is 7.70. The third-order valence-electron chi connectivity index (χ3n) is 3.70. The Bertz CT molecular complexity index is 921. The summed E-state index contributed by atoms with van der Waals surface area (Å²) in [7, 11) is 1.27. The number of carbonyl (C=O) groups is 2. The number of methoxy groups -OCH3 is 1. The number of nitrogens with one attached hydrogen (secondary N) is 1. The predicted molar refractivity (Wildman–Crippen MR) is 98.4 cm³/mol. The number of benzene rings is 2. The maximum Gasteiger partial charge on any atom is 0.325 e. The van der Waals surface area contributed by atoms with E-state index >= 15 is 0 Å². The molecule has 26 heavy (non-hydrogen) atoms. The first-order valence-electron chi connectivity index (χ1n) is 7.85. The van der Waals surface area contributed by atoms with Crippen molar-refractivity contribution in [3.05, 3.63) is 71.4 Å². The Hall–Kier alpha value is -3.12. The Morgan fingerprint density at radius 2 is 1.81 bits per heavy atom. The van der Waals surface area contributed by atoms with Crippen molar-refractivity contribution >= 4 is 23.5 Å². The summed E-state index contributed by atoms with van der Waals surface area (Å²) < 4.78 is 6.09. The fourth-order valence-corrected chi connectivity index (χ4v) is 2.51. The molecule has 0 atom stereocenters. The molecule has 6 nitrogen and oxygen atoms in total. The minimum Gasteiger partial charge on any atom is -0.468 e. The first-order valence-corrected chi connectivity index (χ1v) is 8.22. The van der Waals surface area contributed by atoms with Crippen LogP contribution in [0.1, 0.15) is 10.5 Å². The van der Waals surface area contributed by atoms with E-state index in [1.807, 2.05) is 42.5 Å². The molecule has 0 saturated heterocycles. The first kappa shape index (κ1) is 17.7. The molecule has 0 spiro atoms. The van der Waals surface area contributed by atoms with Crippen molar-refractivity contribution in [2.24, 2.45) is 0 Å². The molecule has 2 aromatic carbocycles. The van der Waals surface area contributed by atoms with Crippen LogP contribution in [0.5, 0.6) is 0 Å². The van der Waals surface area contributed by atoms with Gasteiger partial charge in [-0.1, -0.05) is 41.9 Å². The lowest BCUT2D eigenvalue weighted by Crippen LogP contribution is -2.31. The van der Waals surface area contributed by atoms with Crippen molar-refractivity contribution in [1.29, 1.82) is 0 Å². The zero-order valence-corrected chi connectivity index (χ0v) is 14.7. The molecule has 7 heteroatoms. The Labute approximate surface area is 155 Å². The first-order chi connectivity index (χ1) is 12.6. The van der Waals surface area contributed by atoms with E-state index in [0.29, 0.717) is 16.4 Å². The van der Waals surface area contributed by atoms with E-state index in [-0.39, 0.29) is 6.54 Å². The summed E-state index contributed by atoms with van der Waals surface area (Å²) in [6.45, 7) is -0.217. The van der Waals surface area contributed by atoms with Crippen molar-refractivity contribution in [1.82, 2.24) is 15.1 Å². The van der Waals surface area contributed by atoms with E-state index in [9.17, 15) is 9.59 Å². The van der Waals surface area contributed by atoms with Gasteiger partial charge in [0.15, 0.2) is 0 Å². The molecule has 0 saturated carbocycles. The number of para-hydroxylation sites is 1. The van der Waals surface area contributed by atoms with Crippen molar-refractivity contribution in [2.45, 2.75) is 0 Å². The summed E-state index contributed by atoms with van der Waals surface area (Å²) in [5.41, 5.74) is 2.49. The molecule has 0 aliphatic heterocycles. The number of rotatable bonds is 5. The number of halogens is 1. The lowest BCUT2D eigenvalue weighted by Gasteiger charge is -2.07. The highest BCUT2D eigenvalue weighted by Crippen LogP contribution is 2.23. The molecule has 3 rings (SSSR count). The van der Waals surface area contributed by atoms with Gasteiger partial charge in [-0.05, 0) is 30.3 Å². The van der Waals surface area contributed by atoms with Crippen molar-refractivity contribution in [3.8, 4) is 16.9 Å². The van der Waals surface area contributed by atoms with Gasteiger partial charge < -0.3 is 10.1 Å². The zero-order chi connectivity index (χ0) is 18.5. The Balaban J connectivity index is 1.99. The molecule has 0 aliphatic carbocycles. The average molecular weight is 370 g/mol. The minimum absolute atomic E-state index is 0.217. The molecule has 1 aromatic heterocycles. The second-order valence-electron chi connectivity index (χ2n) is 5.43. The molecule has 0 fully saturated rings. The normalized spacial score (nSPS) is 10.4. The highest BCUT2D eigenvalue weighted by Gasteiger charge is 2.18. The second-order valence-corrected chi connectivity index (χ2v) is 5.86. The number of hydrogen-bond acceptors (Lipinski definition) is 4. The number of amides is 1. The highest BCUT2D eigenvalue weighted by atomic mass is 35.5. The lowest BCUT2D eigenvalue weighted by atomic mass is 10.1. The molecule has 0 aliphatic rings. The van der Waals surface area contributed by atoms with Gasteiger partial charge in [0.05, 0.1) is 18.5 Å². The van der Waals surface area contributed by atoms with Gasteiger partial charge in [-0.15, -0.1) is 0 Å². The fraction of sp³-hybridized carbons (Fsp3) is 0.105. The van der Waals surface area contributed by atoms with E-state index < -0.39 is 11.9 Å². The predicted octanol–water partition coefficient (Wildman–Crippen LogP) is 3.10. The van der Waals surface area contributed by atoms with Gasteiger partial charge in [0.1, 0.15) is 12.2 Å². The van der Waals surface area contributed by atoms with Gasteiger partial charge in [0, 0.05) is 10.6 Å². The van der Waals surface area contributed by atoms with Gasteiger partial charge in [0.25, 0.3) is 5.91 Å². The van der Waals surface area contributed by atoms with Crippen LogP contribution in [-0.2, 0) is 9.53 Å². The van der Waals surface area contributed by atoms with Crippen LogP contribution in [0.4, 0.5) is 0 Å². The smallest absolute Gasteiger partial charge is 0.325 e. The van der Waals surface area contributed by atoms with Gasteiger partial charge >= 0.3 is 5.97 Å². The Morgan fingerprint density at radius 3 is 2.46 bits per heavy atom. The molecular weight excluding hydrogens is 354 g/mol. The molecule has 1 N–H and O–H groups in total. The standard InChI is InChI=1S/C19H16ClN3O3/c1-26-18(24)12-21-19(25)17-11-16(13-7-9-14(20)10-8-13)22-23(17)15-5-3-2-4-6-15/h2-11H,12H2,1H3,(H,21,25). The molecule has 0 bridgehead atoms. The van der Waals surface area contributed by atoms with Crippen LogP contribution in [-0.4, -0.2) is 35.3 Å². The average Bonchev–Trinajstić information content (AvgIpc) is 3.12. The summed E-state index contributed by atoms with van der Waals surface area (Å²) in [4.78, 5) is 23.8. The van der Waals surface area contributed by atoms with Crippen molar-refractivity contribution in [3.63, 3.8) is 0 Å². The third-order valence-corrected chi connectivity index (χ3v) is 3.96. The van der Waals surface area contributed by atoms with E-state index in [1.165, 1.54) is 11.8 Å². The van der Waals surface area contributed by atoms with Crippen LogP contribution in [0.15, 0.2) is 60.7 Å². The molecule has 1 amide bonds. The van der Waals surface area contributed by atoms with Crippen LogP contribution >= 0.6 is 11.6 Å². The maximum absolute atomic E-state index is 12.6. The molecule has 0 radical (unpaired) electrons. The quantitative estimate of drug-likeness (QED) is 0.701. The summed E-state index contributed by atoms with van der Waals surface area (Å²) in [5.74, 6) is -0.950. The number of aromatic nitrogens is 2. The maximum atomic E-state index is 12.6. The van der Waals surface area contributed by atoms with E-state index in [0.717, 1.165) is 11.3 Å². The fourth-order valence-electron chi connectivity index (χ4n) is 2.39. The summed E-state index contributed by atoms with van der Waals surface area (Å²) in [6.07, 6.45) is 0. The van der Waals surface area contributed by atoms with Crippen LogP contribution < -0.4 is 5.32 Å². The zero-order valence-electron chi connectivity index (χ0n) is 14.0. The van der Waals surface area contributed by atoms with Gasteiger partial charge in [-0.2, -0.15) is 5.10 Å². The van der Waals surface area contributed by atoms with Crippen molar-refractivity contribution < 1.29 is 14.3 Å². The number of carbonyl (C=O) groups excluding carboxylic acids is 2. The van der Waals surface area contributed by atoms with Crippen molar-refractivity contribution in [2.75, 3.05) is 13.7 Å². The summed E-state index contributed by atoms with van der Waals surface area (Å²) >= 11 is 5.93. The third kappa shape index (κ3) is 3.92. The van der Waals surface area contributed by atoms with E-state index in [1.54, 1.807) is 18.2 Å². The van der Waals surface area contributed by atoms with Crippen LogP contribution in [0, 0.1) is 0 Å². The highest BCUT2D eigenvalue weighted by molar-refractivity contribution is 6.30. The second kappa shape index (κ2) is 7.84. The largest absolute Gasteiger partial charge is 0.468 e. The molecule has 0 unspecified atom stereocenters.